The van der Waals surface area contributed by atoms with Gasteiger partial charge in [-0.1, -0.05) is 29.8 Å². The molecule has 0 fully saturated rings. The van der Waals surface area contributed by atoms with Crippen LogP contribution in [-0.4, -0.2) is 77.2 Å². The van der Waals surface area contributed by atoms with Gasteiger partial charge in [-0.25, -0.2) is 0 Å². The number of carbonyl (C=O) groups excluding carboxylic acids is 3. The Morgan fingerprint density at radius 1 is 0.872 bits per heavy atom. The average Bonchev–Trinajstić information content (AvgIpc) is 2.83. The number of benzene rings is 2. The van der Waals surface area contributed by atoms with Gasteiger partial charge in [0.25, 0.3) is 21.9 Å². The molecule has 14 nitrogen and oxygen atoms in total. The molecule has 2 aromatic carbocycles. The minimum absolute atomic E-state index is 0.166. The molecule has 0 saturated carbocycles. The Kier molecular flexibility index (Phi) is 15.1. The molecule has 0 aliphatic carbocycles. The largest absolute Gasteiger partial charge is 0.480 e. The molecular formula is C23H28N2O12S2. The van der Waals surface area contributed by atoms with E-state index in [1.807, 2.05) is 6.92 Å². The Hall–Kier alpha value is -3.99. The van der Waals surface area contributed by atoms with Crippen molar-refractivity contribution < 1.29 is 55.0 Å². The van der Waals surface area contributed by atoms with Gasteiger partial charge in [-0.05, 0) is 50.6 Å². The van der Waals surface area contributed by atoms with Gasteiger partial charge < -0.3 is 20.8 Å². The summed E-state index contributed by atoms with van der Waals surface area (Å²) in [6.45, 7) is 4.29. The number of aryl methyl sites for hydroxylation is 1. The number of ketones is 1. The van der Waals surface area contributed by atoms with Gasteiger partial charge in [0.1, 0.15) is 17.8 Å². The first-order chi connectivity index (χ1) is 18.0. The Morgan fingerprint density at radius 2 is 1.28 bits per heavy atom. The summed E-state index contributed by atoms with van der Waals surface area (Å²) in [5.41, 5.74) is 2.35. The fourth-order valence-electron chi connectivity index (χ4n) is 2.52. The Morgan fingerprint density at radius 3 is 1.64 bits per heavy atom. The molecule has 0 aliphatic heterocycles. The lowest BCUT2D eigenvalue weighted by molar-refractivity contribution is -0.138. The molecule has 0 bridgehead atoms. The van der Waals surface area contributed by atoms with Crippen LogP contribution in [0.3, 0.4) is 0 Å². The number of Topliss-reactive ketones (excluding diaryl/α,β-unsaturated/α-hetero) is 1. The van der Waals surface area contributed by atoms with Crippen molar-refractivity contribution in [3.8, 4) is 0 Å². The van der Waals surface area contributed by atoms with Crippen molar-refractivity contribution in [1.29, 1.82) is 0 Å². The third kappa shape index (κ3) is 15.8. The second-order valence-corrected chi connectivity index (χ2v) is 9.75. The number of carbonyl (C=O) groups is 4. The molecule has 39 heavy (non-hydrogen) atoms. The number of aliphatic carboxylic acids is 1. The maximum atomic E-state index is 11.8. The fourth-order valence-corrected chi connectivity index (χ4v) is 3.26. The maximum Gasteiger partial charge on any atom is 0.425 e. The Labute approximate surface area is 225 Å². The van der Waals surface area contributed by atoms with Crippen molar-refractivity contribution in [2.24, 2.45) is 0 Å². The minimum Gasteiger partial charge on any atom is -0.480 e. The number of rotatable bonds is 9. The van der Waals surface area contributed by atoms with Gasteiger partial charge in [0.15, 0.2) is 5.78 Å². The molecule has 16 heteroatoms. The monoisotopic (exact) mass is 588 g/mol. The molecule has 2 amide bonds. The van der Waals surface area contributed by atoms with Crippen LogP contribution in [-0.2, 0) is 36.9 Å². The van der Waals surface area contributed by atoms with E-state index in [0.29, 0.717) is 11.1 Å². The number of nitrogens with one attached hydrogen (secondary N) is 2. The predicted octanol–water partition coefficient (Wildman–Crippen LogP) is -0.0521. The van der Waals surface area contributed by atoms with Crippen LogP contribution in [0.25, 0.3) is 0 Å². The van der Waals surface area contributed by atoms with Crippen molar-refractivity contribution in [1.82, 2.24) is 10.6 Å². The highest BCUT2D eigenvalue weighted by atomic mass is 32.2. The molecule has 2 rings (SSSR count). The van der Waals surface area contributed by atoms with Crippen LogP contribution < -0.4 is 10.6 Å². The summed E-state index contributed by atoms with van der Waals surface area (Å²) in [7, 11) is -7.49. The topological polar surface area (TPSA) is 238 Å². The molecule has 2 aromatic rings. The molecule has 2 atom stereocenters. The van der Waals surface area contributed by atoms with Crippen LogP contribution in [0.4, 0.5) is 0 Å². The summed E-state index contributed by atoms with van der Waals surface area (Å²) in [4.78, 5) is 45.1. The van der Waals surface area contributed by atoms with E-state index in [9.17, 15) is 27.6 Å². The summed E-state index contributed by atoms with van der Waals surface area (Å²) >= 11 is 0. The van der Waals surface area contributed by atoms with Gasteiger partial charge in [-0.2, -0.15) is 8.42 Å². The van der Waals surface area contributed by atoms with Gasteiger partial charge >= 0.3 is 16.6 Å². The highest BCUT2D eigenvalue weighted by Crippen LogP contribution is 2.06. The zero-order chi connectivity index (χ0) is 30.3. The number of carboxylic acid groups (broad SMARTS) is 1. The molecule has 5 N–H and O–H groups in total. The van der Waals surface area contributed by atoms with Crippen LogP contribution in [0, 0.1) is 6.92 Å². The number of hydrogen-bond donors (Lipinski definition) is 5. The quantitative estimate of drug-likeness (QED) is 0.242. The second kappa shape index (κ2) is 16.8. The van der Waals surface area contributed by atoms with Gasteiger partial charge in [0.2, 0.25) is 0 Å². The minimum atomic E-state index is -4.38. The van der Waals surface area contributed by atoms with E-state index >= 15 is 0 Å². The van der Waals surface area contributed by atoms with Gasteiger partial charge in [-0.3, -0.25) is 23.7 Å². The third-order valence-corrected chi connectivity index (χ3v) is 5.36. The van der Waals surface area contributed by atoms with E-state index in [1.165, 1.54) is 31.2 Å². The van der Waals surface area contributed by atoms with Crippen molar-refractivity contribution in [2.75, 3.05) is 5.75 Å². The molecule has 0 radical (unpaired) electrons. The van der Waals surface area contributed by atoms with Gasteiger partial charge in [0, 0.05) is 11.1 Å². The first kappa shape index (κ1) is 35.0. The van der Waals surface area contributed by atoms with E-state index in [1.54, 1.807) is 24.3 Å². The van der Waals surface area contributed by atoms with E-state index in [0.717, 1.165) is 12.5 Å². The average molecular weight is 589 g/mol. The Balaban J connectivity index is 0.000000670. The van der Waals surface area contributed by atoms with Crippen molar-refractivity contribution in [2.45, 2.75) is 39.5 Å². The molecule has 214 valence electrons. The summed E-state index contributed by atoms with van der Waals surface area (Å²) in [5.74, 6) is -3.51. The predicted molar refractivity (Wildman–Crippen MR) is 136 cm³/mol. The lowest BCUT2D eigenvalue weighted by Gasteiger charge is -2.14. The van der Waals surface area contributed by atoms with Gasteiger partial charge in [0.05, 0.1) is 6.61 Å². The number of aliphatic hydroxyl groups excluding tert-OH is 1. The van der Waals surface area contributed by atoms with Crippen LogP contribution >= 0.6 is 0 Å². The SMILES string of the molecule is CC(=O)C(CS(=O)(=O)O)NC(=O)c1ccc(CO)cc1.Cc1ccc(C(=O)NC(C)C(=O)O)cc1.O=S(=O)=O. The number of hydrogen-bond acceptors (Lipinski definition) is 10. The smallest absolute Gasteiger partial charge is 0.425 e. The Bertz CT molecular complexity index is 1350. The maximum absolute atomic E-state index is 11.8. The first-order valence-corrected chi connectivity index (χ1v) is 13.4. The van der Waals surface area contributed by atoms with Crippen LogP contribution in [0.2, 0.25) is 0 Å². The van der Waals surface area contributed by atoms with Crippen molar-refractivity contribution in [3.63, 3.8) is 0 Å². The molecule has 0 saturated heterocycles. The number of carboxylic acids is 1. The number of aliphatic hydroxyl groups is 1. The third-order valence-electron chi connectivity index (χ3n) is 4.60. The van der Waals surface area contributed by atoms with E-state index in [-0.39, 0.29) is 18.1 Å². The van der Waals surface area contributed by atoms with Crippen LogP contribution in [0.15, 0.2) is 48.5 Å². The molecule has 0 heterocycles. The standard InChI is InChI=1S/C12H15NO6S.C11H13NO3.O3S/c1-8(15)11(7-20(17,18)19)13-12(16)10-4-2-9(6-14)3-5-10;1-7-3-5-9(6-4-7)10(13)12-8(2)11(14)15;1-4(2)3/h2-5,11,14H,6-7H2,1H3,(H,13,16)(H,17,18,19);3-6,8H,1-2H3,(H,12,13)(H,14,15);. The normalized spacial score (nSPS) is 11.7. The first-order valence-electron chi connectivity index (χ1n) is 10.8. The summed E-state index contributed by atoms with van der Waals surface area (Å²) in [6, 6.07) is 10.7. The lowest BCUT2D eigenvalue weighted by atomic mass is 10.1. The molecule has 0 spiro atoms. The molecular weight excluding hydrogens is 560 g/mol. The summed E-state index contributed by atoms with van der Waals surface area (Å²) in [5, 5.41) is 22.1. The van der Waals surface area contributed by atoms with Crippen molar-refractivity contribution >= 4 is 44.3 Å². The molecule has 2 unspecified atom stereocenters. The summed E-state index contributed by atoms with van der Waals surface area (Å²) in [6.07, 6.45) is 0. The van der Waals surface area contributed by atoms with E-state index < -0.39 is 56.2 Å². The number of amides is 2. The van der Waals surface area contributed by atoms with Crippen LogP contribution in [0.5, 0.6) is 0 Å². The highest BCUT2D eigenvalue weighted by Gasteiger charge is 2.23. The second-order valence-electron chi connectivity index (χ2n) is 7.84. The summed E-state index contributed by atoms with van der Waals surface area (Å²) < 4.78 is 55.6. The fraction of sp³-hybridized carbons (Fsp3) is 0.304. The zero-order valence-corrected chi connectivity index (χ0v) is 22.7. The zero-order valence-electron chi connectivity index (χ0n) is 21.0. The van der Waals surface area contributed by atoms with E-state index in [4.69, 9.17) is 27.4 Å². The molecule has 0 aromatic heterocycles. The molecule has 0 aliphatic rings. The van der Waals surface area contributed by atoms with Crippen molar-refractivity contribution in [3.05, 3.63) is 70.8 Å². The highest BCUT2D eigenvalue weighted by molar-refractivity contribution is 7.85. The lowest BCUT2D eigenvalue weighted by Crippen LogP contribution is -2.44. The van der Waals surface area contributed by atoms with Crippen LogP contribution in [0.1, 0.15) is 45.7 Å². The van der Waals surface area contributed by atoms with Gasteiger partial charge in [-0.15, -0.1) is 12.6 Å². The van der Waals surface area contributed by atoms with E-state index in [2.05, 4.69) is 10.6 Å².